The molecule has 13 nitrogen and oxygen atoms in total. The third kappa shape index (κ3) is 14.3. The van der Waals surface area contributed by atoms with Crippen LogP contribution in [-0.4, -0.2) is 101 Å². The fraction of sp³-hybridized carbons (Fsp3) is 0.544. The molecule has 7 N–H and O–H groups in total. The van der Waals surface area contributed by atoms with E-state index in [-0.39, 0.29) is 40.7 Å². The predicted octanol–water partition coefficient (Wildman–Crippen LogP) is 9.40. The second-order valence-corrected chi connectivity index (χ2v) is 20.0. The van der Waals surface area contributed by atoms with Crippen LogP contribution in [0, 0.1) is 29.6 Å². The van der Waals surface area contributed by atoms with Crippen molar-refractivity contribution in [1.29, 1.82) is 0 Å². The number of carbonyl (C=O) groups excluding carboxylic acids is 2. The highest BCUT2D eigenvalue weighted by Crippen LogP contribution is 2.43. The minimum atomic E-state index is -0.151. The molecule has 5 rings (SSSR count). The van der Waals surface area contributed by atoms with Gasteiger partial charge in [0, 0.05) is 105 Å². The molecule has 3 aromatic rings. The van der Waals surface area contributed by atoms with Crippen molar-refractivity contribution < 1.29 is 14.3 Å². The van der Waals surface area contributed by atoms with Crippen LogP contribution in [0.1, 0.15) is 130 Å². The summed E-state index contributed by atoms with van der Waals surface area (Å²) in [6, 6.07) is 10.9. The number of fused-ring (bicyclic) bond motifs is 1. The fourth-order valence-corrected chi connectivity index (χ4v) is 9.89. The summed E-state index contributed by atoms with van der Waals surface area (Å²) in [6.45, 7) is 34.9. The molecule has 0 radical (unpaired) electrons. The third-order valence-electron chi connectivity index (χ3n) is 14.0. The first kappa shape index (κ1) is 58.8. The van der Waals surface area contributed by atoms with Gasteiger partial charge in [-0.3, -0.25) is 30.8 Å². The number of hydrogen-bond acceptors (Lipinski definition) is 11. The van der Waals surface area contributed by atoms with Gasteiger partial charge < -0.3 is 35.5 Å². The van der Waals surface area contributed by atoms with Gasteiger partial charge in [0.25, 0.3) is 0 Å². The van der Waals surface area contributed by atoms with Gasteiger partial charge in [0.05, 0.1) is 40.6 Å². The average Bonchev–Trinajstić information content (AvgIpc) is 3.62. The number of pyridine rings is 1. The number of likely N-dealkylation sites (tertiary alicyclic amines) is 2. The first-order valence-electron chi connectivity index (χ1n) is 25.1. The molecule has 2 aliphatic heterocycles. The number of hydrogen-bond donors (Lipinski definition) is 4. The van der Waals surface area contributed by atoms with Gasteiger partial charge in [-0.05, 0) is 121 Å². The smallest absolute Gasteiger partial charge is 0.246 e. The molecule has 384 valence electrons. The summed E-state index contributed by atoms with van der Waals surface area (Å²) >= 11 is 0. The lowest BCUT2D eigenvalue weighted by Gasteiger charge is -2.64. The van der Waals surface area contributed by atoms with Gasteiger partial charge in [-0.2, -0.15) is 0 Å². The molecular weight excluding hydrogens is 873 g/mol. The minimum absolute atomic E-state index is 0.0118. The number of hydrazine groups is 1. The van der Waals surface area contributed by atoms with Crippen molar-refractivity contribution >= 4 is 34.0 Å². The fourth-order valence-electron chi connectivity index (χ4n) is 9.89. The summed E-state index contributed by atoms with van der Waals surface area (Å²) in [4.78, 5) is 40.6. The number of ketones is 1. The number of terminal acetylenes is 1. The first-order valence-corrected chi connectivity index (χ1v) is 25.1. The SMILES string of the molecule is C#CCCC(C)(C)Cc1c(-c2cccnc2C(C)OC)n(CC)c2ccc(/C(=C/C)N=C(C)CCC(=O)C(C)CCCNN)cc12.C=CC(=O)N1CCC12CN(C(=C)N(C)C(C(=C)N)C(C)C)C2.CN. The molecule has 1 amide bonds. The van der Waals surface area contributed by atoms with Crippen LogP contribution < -0.4 is 22.7 Å². The van der Waals surface area contributed by atoms with Crippen molar-refractivity contribution in [2.75, 3.05) is 47.4 Å². The summed E-state index contributed by atoms with van der Waals surface area (Å²) in [5, 5.41) is 1.21. The molecule has 13 heteroatoms. The van der Waals surface area contributed by atoms with Crippen LogP contribution in [0.25, 0.3) is 27.9 Å². The summed E-state index contributed by atoms with van der Waals surface area (Å²) in [6.07, 6.45) is 17.3. The molecule has 0 aliphatic carbocycles. The molecule has 2 fully saturated rings. The van der Waals surface area contributed by atoms with Crippen LogP contribution in [0.5, 0.6) is 0 Å². The molecule has 2 aromatic heterocycles. The quantitative estimate of drug-likeness (QED) is 0.0169. The maximum atomic E-state index is 12.7. The van der Waals surface area contributed by atoms with E-state index in [0.717, 1.165) is 105 Å². The monoisotopic (exact) mass is 961 g/mol. The molecule has 3 atom stereocenters. The number of allylic oxidation sites excluding steroid dienone is 1. The second-order valence-electron chi connectivity index (χ2n) is 20.0. The van der Waals surface area contributed by atoms with E-state index in [0.29, 0.717) is 24.5 Å². The number of aliphatic imine (C=N–C) groups is 1. The zero-order chi connectivity index (χ0) is 52.5. The van der Waals surface area contributed by atoms with Gasteiger partial charge in [-0.15, -0.1) is 12.3 Å². The largest absolute Gasteiger partial charge is 0.401 e. The van der Waals surface area contributed by atoms with Crippen molar-refractivity contribution in [1.82, 2.24) is 29.7 Å². The molecule has 4 heterocycles. The Bertz CT molecular complexity index is 2360. The lowest BCUT2D eigenvalue weighted by molar-refractivity contribution is -0.159. The Labute approximate surface area is 421 Å². The van der Waals surface area contributed by atoms with E-state index in [9.17, 15) is 9.59 Å². The summed E-state index contributed by atoms with van der Waals surface area (Å²) in [5.74, 6) is 9.84. The van der Waals surface area contributed by atoms with Crippen LogP contribution >= 0.6 is 0 Å². The molecule has 0 saturated carbocycles. The van der Waals surface area contributed by atoms with E-state index in [2.05, 4.69) is 116 Å². The molecule has 2 saturated heterocycles. The molecule has 0 bridgehead atoms. The predicted molar refractivity (Wildman–Crippen MR) is 293 cm³/mol. The highest BCUT2D eigenvalue weighted by Gasteiger charge is 2.55. The molecule has 2 aliphatic rings. The van der Waals surface area contributed by atoms with Crippen LogP contribution in [0.15, 0.2) is 84.9 Å². The first-order chi connectivity index (χ1) is 33.2. The number of nitrogens with two attached hydrogens (primary N) is 3. The second kappa shape index (κ2) is 27.2. The van der Waals surface area contributed by atoms with Crippen LogP contribution in [0.4, 0.5) is 0 Å². The number of Topliss-reactive ketones (excluding diaryl/α,β-unsaturated/α-hetero) is 1. The topological polar surface area (TPSA) is 173 Å². The summed E-state index contributed by atoms with van der Waals surface area (Å²) < 4.78 is 8.18. The third-order valence-corrected chi connectivity index (χ3v) is 14.0. The van der Waals surface area contributed by atoms with Gasteiger partial charge in [0.1, 0.15) is 5.78 Å². The molecule has 3 unspecified atom stereocenters. The number of benzene rings is 1. The molecule has 1 aromatic carbocycles. The van der Waals surface area contributed by atoms with Crippen molar-refractivity contribution in [3.8, 4) is 23.6 Å². The number of rotatable bonds is 24. The Kier molecular flexibility index (Phi) is 22.8. The van der Waals surface area contributed by atoms with Crippen molar-refractivity contribution in [3.05, 3.63) is 96.8 Å². The minimum Gasteiger partial charge on any atom is -0.401 e. The van der Waals surface area contributed by atoms with E-state index < -0.39 is 0 Å². The Hall–Kier alpha value is -5.52. The van der Waals surface area contributed by atoms with Crippen molar-refractivity contribution in [2.24, 2.45) is 39.6 Å². The number of aryl methyl sites for hydroxylation is 1. The molecule has 70 heavy (non-hydrogen) atoms. The van der Waals surface area contributed by atoms with E-state index in [1.54, 1.807) is 7.11 Å². The number of ether oxygens (including phenoxy) is 1. The van der Waals surface area contributed by atoms with Crippen LogP contribution in [0.3, 0.4) is 0 Å². The van der Waals surface area contributed by atoms with Gasteiger partial charge in [-0.1, -0.05) is 66.5 Å². The maximum absolute atomic E-state index is 12.7. The Balaban J connectivity index is 0.000000449. The normalized spacial score (nSPS) is 15.6. The maximum Gasteiger partial charge on any atom is 0.246 e. The van der Waals surface area contributed by atoms with Gasteiger partial charge >= 0.3 is 0 Å². The average molecular weight is 961 g/mol. The number of amides is 1. The number of likely N-dealkylation sites (N-methyl/N-ethyl adjacent to an activating group) is 1. The van der Waals surface area contributed by atoms with Crippen molar-refractivity contribution in [2.45, 2.75) is 138 Å². The standard InChI is InChI=1S/C39H55N5O2.C17H28N4O.CH5N/c1-10-13-22-39(7,8)26-33-32-25-30(34(11-2)43-28(5)18-21-36(45)27(4)16-14-24-42-40)19-20-35(32)44(12-3)38(33)31-17-15-23-41-37(31)29(6)46-9;1-7-15(22)21-9-8-17(21)10-20(11-17)14(5)19(6)16(12(2)3)13(4)18;1-2/h1,11,15,17,19-20,23,25,27,29,42H,12-14,16,18,21-22,24,26,40H2,2-9H3;7,12,16H,1,4-5,8-11,18H2,2-3,6H3;2H2,1H3/b34-11-,43-28?;;. The van der Waals surface area contributed by atoms with E-state index >= 15 is 0 Å². The summed E-state index contributed by atoms with van der Waals surface area (Å²) in [7, 11) is 5.23. The zero-order valence-electron chi connectivity index (χ0n) is 45.0. The van der Waals surface area contributed by atoms with Crippen LogP contribution in [0.2, 0.25) is 0 Å². The number of carbonyl (C=O) groups is 2. The highest BCUT2D eigenvalue weighted by atomic mass is 16.5. The number of aromatic nitrogens is 2. The Morgan fingerprint density at radius 3 is 2.37 bits per heavy atom. The highest BCUT2D eigenvalue weighted by molar-refractivity contribution is 5.96. The van der Waals surface area contributed by atoms with E-state index in [4.69, 9.17) is 32.7 Å². The summed E-state index contributed by atoms with van der Waals surface area (Å²) in [5.41, 5.74) is 22.3. The Morgan fingerprint density at radius 2 is 1.83 bits per heavy atom. The van der Waals surface area contributed by atoms with Crippen molar-refractivity contribution in [3.63, 3.8) is 0 Å². The molecule has 1 spiro atoms. The van der Waals surface area contributed by atoms with Gasteiger partial charge in [-0.25, -0.2) is 0 Å². The Morgan fingerprint density at radius 1 is 1.14 bits per heavy atom. The van der Waals surface area contributed by atoms with E-state index in [1.165, 1.54) is 35.3 Å². The van der Waals surface area contributed by atoms with Crippen LogP contribution in [-0.2, 0) is 27.3 Å². The lowest BCUT2D eigenvalue weighted by Crippen LogP contribution is -2.77. The number of methoxy groups -OCH3 is 1. The number of nitrogens with zero attached hydrogens (tertiary/aromatic N) is 6. The molecular formula is C57H88N10O3. The van der Waals surface area contributed by atoms with Gasteiger partial charge in [0.15, 0.2) is 0 Å². The number of nitrogens with one attached hydrogen (secondary N) is 1. The zero-order valence-corrected chi connectivity index (χ0v) is 45.0. The van der Waals surface area contributed by atoms with Gasteiger partial charge in [0.2, 0.25) is 5.91 Å². The van der Waals surface area contributed by atoms with E-state index in [1.807, 2.05) is 51.9 Å². The lowest BCUT2D eigenvalue weighted by atomic mass is 9.77.